The Kier molecular flexibility index (Phi) is 4.08. The molecule has 6 nitrogen and oxygen atoms in total. The average Bonchev–Trinajstić information content (AvgIpc) is 3.01. The summed E-state index contributed by atoms with van der Waals surface area (Å²) in [5.41, 5.74) is 3.05. The Morgan fingerprint density at radius 3 is 3.05 bits per heavy atom. The smallest absolute Gasteiger partial charge is 0.331 e. The number of amides is 1. The van der Waals surface area contributed by atoms with Gasteiger partial charge in [0.25, 0.3) is 5.91 Å². The van der Waals surface area contributed by atoms with E-state index in [1.54, 1.807) is 24.6 Å². The van der Waals surface area contributed by atoms with Gasteiger partial charge < -0.3 is 14.4 Å². The van der Waals surface area contributed by atoms with Gasteiger partial charge in [-0.15, -0.1) is 11.3 Å². The fourth-order valence-electron chi connectivity index (χ4n) is 2.70. The lowest BCUT2D eigenvalue weighted by Gasteiger charge is -2.37. The van der Waals surface area contributed by atoms with Crippen LogP contribution in [0.25, 0.3) is 10.2 Å². The van der Waals surface area contributed by atoms with Crippen LogP contribution in [0.2, 0.25) is 0 Å². The zero-order chi connectivity index (χ0) is 15.7. The van der Waals surface area contributed by atoms with E-state index in [-0.39, 0.29) is 5.91 Å². The van der Waals surface area contributed by atoms with Crippen LogP contribution in [0.4, 0.5) is 0 Å². The first-order chi connectivity index (χ1) is 10.6. The van der Waals surface area contributed by atoms with Crippen molar-refractivity contribution in [1.29, 1.82) is 0 Å². The van der Waals surface area contributed by atoms with Gasteiger partial charge in [-0.05, 0) is 19.1 Å². The lowest BCUT2D eigenvalue weighted by Crippen LogP contribution is -2.56. The predicted molar refractivity (Wildman–Crippen MR) is 81.9 cm³/mol. The summed E-state index contributed by atoms with van der Waals surface area (Å²) in [6.07, 6.45) is -0.397. The minimum Gasteiger partial charge on any atom is -0.467 e. The van der Waals surface area contributed by atoms with Crippen LogP contribution in [0.3, 0.4) is 0 Å². The molecule has 0 spiro atoms. The second kappa shape index (κ2) is 6.02. The number of aromatic nitrogens is 1. The van der Waals surface area contributed by atoms with E-state index in [1.165, 1.54) is 23.3 Å². The van der Waals surface area contributed by atoms with Crippen molar-refractivity contribution in [2.45, 2.75) is 19.1 Å². The van der Waals surface area contributed by atoms with Gasteiger partial charge in [0.1, 0.15) is 0 Å². The molecule has 1 aromatic heterocycles. The Balaban J connectivity index is 1.99. The molecule has 0 unspecified atom stereocenters. The summed E-state index contributed by atoms with van der Waals surface area (Å²) in [7, 11) is 1.32. The SMILES string of the molecule is COC(=O)[C@@H]1[C@@H](C)OCCN1C(=O)c1cccc2ncsc12. The quantitative estimate of drug-likeness (QED) is 0.788. The van der Waals surface area contributed by atoms with Crippen molar-refractivity contribution < 1.29 is 19.1 Å². The highest BCUT2D eigenvalue weighted by atomic mass is 32.1. The number of methoxy groups -OCH3 is 1. The Morgan fingerprint density at radius 2 is 2.27 bits per heavy atom. The first-order valence-electron chi connectivity index (χ1n) is 6.96. The summed E-state index contributed by atoms with van der Waals surface area (Å²) < 4.78 is 11.2. The molecule has 2 atom stereocenters. The number of fused-ring (bicyclic) bond motifs is 1. The van der Waals surface area contributed by atoms with Gasteiger partial charge in [-0.1, -0.05) is 6.07 Å². The Morgan fingerprint density at radius 1 is 1.45 bits per heavy atom. The number of carbonyl (C=O) groups is 2. The maximum absolute atomic E-state index is 12.9. The van der Waals surface area contributed by atoms with E-state index in [0.717, 1.165) is 10.2 Å². The van der Waals surface area contributed by atoms with Crippen molar-refractivity contribution in [2.75, 3.05) is 20.3 Å². The average molecular weight is 320 g/mol. The zero-order valence-electron chi connectivity index (χ0n) is 12.3. The van der Waals surface area contributed by atoms with Crippen LogP contribution in [0.15, 0.2) is 23.7 Å². The second-order valence-corrected chi connectivity index (χ2v) is 5.90. The van der Waals surface area contributed by atoms with Crippen molar-refractivity contribution in [3.05, 3.63) is 29.3 Å². The third-order valence-electron chi connectivity index (χ3n) is 3.78. The fraction of sp³-hybridized carbons (Fsp3) is 0.400. The number of hydrogen-bond acceptors (Lipinski definition) is 6. The molecule has 22 heavy (non-hydrogen) atoms. The molecule has 1 amide bonds. The van der Waals surface area contributed by atoms with E-state index in [0.29, 0.717) is 18.7 Å². The van der Waals surface area contributed by atoms with E-state index in [1.807, 2.05) is 6.07 Å². The van der Waals surface area contributed by atoms with Crippen molar-refractivity contribution in [3.8, 4) is 0 Å². The number of nitrogens with zero attached hydrogens (tertiary/aromatic N) is 2. The largest absolute Gasteiger partial charge is 0.467 e. The Bertz CT molecular complexity index is 714. The van der Waals surface area contributed by atoms with Gasteiger partial charge in [-0.3, -0.25) is 4.79 Å². The number of carbonyl (C=O) groups excluding carboxylic acids is 2. The molecule has 116 valence electrons. The van der Waals surface area contributed by atoms with Gasteiger partial charge in [0, 0.05) is 6.54 Å². The monoisotopic (exact) mass is 320 g/mol. The Hall–Kier alpha value is -1.99. The second-order valence-electron chi connectivity index (χ2n) is 5.05. The van der Waals surface area contributed by atoms with Crippen LogP contribution in [0, 0.1) is 0 Å². The van der Waals surface area contributed by atoms with Gasteiger partial charge in [0.2, 0.25) is 0 Å². The molecule has 0 N–H and O–H groups in total. The van der Waals surface area contributed by atoms with E-state index in [2.05, 4.69) is 4.98 Å². The van der Waals surface area contributed by atoms with Gasteiger partial charge in [-0.2, -0.15) is 0 Å². The molecule has 1 aromatic carbocycles. The summed E-state index contributed by atoms with van der Waals surface area (Å²) in [6, 6.07) is 4.70. The highest BCUT2D eigenvalue weighted by molar-refractivity contribution is 7.17. The van der Waals surface area contributed by atoms with Crippen LogP contribution >= 0.6 is 11.3 Å². The third-order valence-corrected chi connectivity index (χ3v) is 4.66. The molecular weight excluding hydrogens is 304 g/mol. The minimum absolute atomic E-state index is 0.194. The lowest BCUT2D eigenvalue weighted by molar-refractivity contribution is -0.156. The topological polar surface area (TPSA) is 68.7 Å². The van der Waals surface area contributed by atoms with Gasteiger partial charge in [-0.25, -0.2) is 9.78 Å². The first kappa shape index (κ1) is 14.9. The fourth-order valence-corrected chi connectivity index (χ4v) is 3.49. The molecule has 7 heteroatoms. The molecule has 0 bridgehead atoms. The van der Waals surface area contributed by atoms with Crippen molar-refractivity contribution in [2.24, 2.45) is 0 Å². The molecule has 0 aliphatic carbocycles. The highest BCUT2D eigenvalue weighted by Crippen LogP contribution is 2.26. The zero-order valence-corrected chi connectivity index (χ0v) is 13.1. The lowest BCUT2D eigenvalue weighted by atomic mass is 10.1. The number of hydrogen-bond donors (Lipinski definition) is 0. The van der Waals surface area contributed by atoms with Crippen molar-refractivity contribution in [1.82, 2.24) is 9.88 Å². The summed E-state index contributed by atoms with van der Waals surface area (Å²) in [5.74, 6) is -0.655. The number of ether oxygens (including phenoxy) is 2. The van der Waals surface area contributed by atoms with Crippen LogP contribution in [0.1, 0.15) is 17.3 Å². The molecule has 1 aliphatic rings. The van der Waals surface area contributed by atoms with E-state index in [9.17, 15) is 9.59 Å². The highest BCUT2D eigenvalue weighted by Gasteiger charge is 2.39. The first-order valence-corrected chi connectivity index (χ1v) is 7.84. The minimum atomic E-state index is -0.727. The summed E-state index contributed by atoms with van der Waals surface area (Å²) in [5, 5.41) is 0. The summed E-state index contributed by atoms with van der Waals surface area (Å²) in [6.45, 7) is 2.53. The van der Waals surface area contributed by atoms with Crippen LogP contribution in [0.5, 0.6) is 0 Å². The number of rotatable bonds is 2. The normalized spacial score (nSPS) is 21.8. The van der Waals surface area contributed by atoms with E-state index >= 15 is 0 Å². The molecule has 1 saturated heterocycles. The Labute approximate surface area is 131 Å². The van der Waals surface area contributed by atoms with Crippen LogP contribution in [-0.4, -0.2) is 54.2 Å². The maximum Gasteiger partial charge on any atom is 0.331 e. The van der Waals surface area contributed by atoms with Gasteiger partial charge >= 0.3 is 5.97 Å². The molecule has 3 rings (SSSR count). The third kappa shape index (κ3) is 2.46. The maximum atomic E-state index is 12.9. The number of esters is 1. The summed E-state index contributed by atoms with van der Waals surface area (Å²) in [4.78, 5) is 30.7. The molecule has 1 fully saturated rings. The van der Waals surface area contributed by atoms with Crippen LogP contribution < -0.4 is 0 Å². The predicted octanol–water partition coefficient (Wildman–Crippen LogP) is 1.70. The number of benzene rings is 1. The van der Waals surface area contributed by atoms with Crippen molar-refractivity contribution >= 4 is 33.4 Å². The molecule has 1 aliphatic heterocycles. The molecule has 2 aromatic rings. The standard InChI is InChI=1S/C15H16N2O4S/c1-9-12(15(19)20-2)17(6-7-21-9)14(18)10-4-3-5-11-13(10)22-8-16-11/h3-5,8-9,12H,6-7H2,1-2H3/t9-,12+/m1/s1. The molecule has 0 radical (unpaired) electrons. The van der Waals surface area contributed by atoms with E-state index in [4.69, 9.17) is 9.47 Å². The molecule has 2 heterocycles. The summed E-state index contributed by atoms with van der Waals surface area (Å²) >= 11 is 1.42. The number of thiazole rings is 1. The van der Waals surface area contributed by atoms with Crippen LogP contribution in [-0.2, 0) is 14.3 Å². The molecular formula is C15H16N2O4S. The molecule has 0 saturated carbocycles. The number of morpholine rings is 1. The van der Waals surface area contributed by atoms with Gasteiger partial charge in [0.15, 0.2) is 6.04 Å². The van der Waals surface area contributed by atoms with E-state index < -0.39 is 18.1 Å². The van der Waals surface area contributed by atoms with Gasteiger partial charge in [0.05, 0.1) is 41.1 Å². The van der Waals surface area contributed by atoms with Crippen molar-refractivity contribution in [3.63, 3.8) is 0 Å².